The van der Waals surface area contributed by atoms with Crippen LogP contribution >= 0.6 is 36.6 Å². The summed E-state index contributed by atoms with van der Waals surface area (Å²) < 4.78 is 0. The molecular weight excluding hydrogens is 325 g/mol. The van der Waals surface area contributed by atoms with E-state index in [2.05, 4.69) is 55.4 Å². The summed E-state index contributed by atoms with van der Waals surface area (Å²) in [6, 6.07) is 8.48. The molecule has 1 atom stereocenters. The van der Waals surface area contributed by atoms with Gasteiger partial charge in [-0.3, -0.25) is 4.99 Å². The van der Waals surface area contributed by atoms with Gasteiger partial charge < -0.3 is 10.2 Å². The molecule has 0 saturated carbocycles. The number of anilines is 1. The molecule has 21 heavy (non-hydrogen) atoms. The van der Waals surface area contributed by atoms with Crippen LogP contribution in [0, 0.1) is 0 Å². The van der Waals surface area contributed by atoms with Crippen molar-refractivity contribution in [1.29, 1.82) is 0 Å². The van der Waals surface area contributed by atoms with Crippen molar-refractivity contribution in [3.05, 3.63) is 29.8 Å². The molecule has 6 heteroatoms. The molecule has 118 valence electrons. The fraction of sp³-hybridized carbons (Fsp3) is 0.533. The molecule has 0 aromatic heterocycles. The van der Waals surface area contributed by atoms with Crippen molar-refractivity contribution in [3.63, 3.8) is 0 Å². The number of amidine groups is 1. The largest absolute Gasteiger partial charge is 0.335 e. The van der Waals surface area contributed by atoms with Crippen LogP contribution in [0.4, 0.5) is 5.69 Å². The van der Waals surface area contributed by atoms with Gasteiger partial charge in [-0.2, -0.15) is 0 Å². The molecule has 0 spiro atoms. The van der Waals surface area contributed by atoms with Gasteiger partial charge in [-0.15, -0.1) is 24.8 Å². The van der Waals surface area contributed by atoms with Gasteiger partial charge in [0.2, 0.25) is 0 Å². The number of rotatable bonds is 1. The Morgan fingerprint density at radius 3 is 2.67 bits per heavy atom. The van der Waals surface area contributed by atoms with Crippen LogP contribution in [0.25, 0.3) is 0 Å². The van der Waals surface area contributed by atoms with Crippen LogP contribution in [0.15, 0.2) is 29.3 Å². The zero-order valence-corrected chi connectivity index (χ0v) is 15.1. The lowest BCUT2D eigenvalue weighted by atomic mass is 9.92. The number of nitrogens with one attached hydrogen (secondary N) is 1. The Hall–Kier alpha value is -0.420. The fourth-order valence-electron chi connectivity index (χ4n) is 2.79. The Morgan fingerprint density at radius 1 is 1.29 bits per heavy atom. The first kappa shape index (κ1) is 18.6. The van der Waals surface area contributed by atoms with Gasteiger partial charge in [0, 0.05) is 23.0 Å². The number of thioether (sulfide) groups is 1. The lowest BCUT2D eigenvalue weighted by Gasteiger charge is -2.31. The van der Waals surface area contributed by atoms with Crippen molar-refractivity contribution in [2.45, 2.75) is 31.1 Å². The van der Waals surface area contributed by atoms with Gasteiger partial charge in [0.25, 0.3) is 0 Å². The zero-order valence-electron chi connectivity index (χ0n) is 12.6. The summed E-state index contributed by atoms with van der Waals surface area (Å²) in [7, 11) is 2.19. The fourth-order valence-corrected chi connectivity index (χ4v) is 4.11. The van der Waals surface area contributed by atoms with Gasteiger partial charge in [0.05, 0.1) is 5.54 Å². The van der Waals surface area contributed by atoms with Crippen LogP contribution in [0.1, 0.15) is 25.8 Å². The van der Waals surface area contributed by atoms with Gasteiger partial charge in [-0.05, 0) is 39.9 Å². The molecule has 1 unspecified atom stereocenters. The van der Waals surface area contributed by atoms with Crippen molar-refractivity contribution in [2.24, 2.45) is 4.99 Å². The highest BCUT2D eigenvalue weighted by Gasteiger charge is 2.30. The maximum atomic E-state index is 4.89. The van der Waals surface area contributed by atoms with E-state index in [1.54, 1.807) is 0 Å². The van der Waals surface area contributed by atoms with Gasteiger partial charge >= 0.3 is 0 Å². The topological polar surface area (TPSA) is 27.6 Å². The molecule has 2 heterocycles. The van der Waals surface area contributed by atoms with Crippen LogP contribution in [0.5, 0.6) is 0 Å². The Morgan fingerprint density at radius 2 is 2.00 bits per heavy atom. The number of para-hydroxylation sites is 1. The number of nitrogens with zero attached hydrogens (tertiary/aromatic N) is 2. The third-order valence-electron chi connectivity index (χ3n) is 3.84. The molecule has 0 radical (unpaired) electrons. The minimum absolute atomic E-state index is 0. The Kier molecular flexibility index (Phi) is 6.41. The minimum atomic E-state index is -0.130. The highest BCUT2D eigenvalue weighted by atomic mass is 35.5. The summed E-state index contributed by atoms with van der Waals surface area (Å²) in [5, 5.41) is 5.23. The lowest BCUT2D eigenvalue weighted by Crippen LogP contribution is -2.28. The second kappa shape index (κ2) is 7.23. The van der Waals surface area contributed by atoms with Crippen LogP contribution in [0.3, 0.4) is 0 Å². The number of likely N-dealkylation sites (tertiary alicyclic amines) is 1. The van der Waals surface area contributed by atoms with Crippen LogP contribution in [0.2, 0.25) is 0 Å². The smallest absolute Gasteiger partial charge is 0.162 e. The maximum Gasteiger partial charge on any atom is 0.162 e. The number of benzene rings is 1. The average molecular weight is 348 g/mol. The molecule has 3 rings (SSSR count). The summed E-state index contributed by atoms with van der Waals surface area (Å²) in [6.07, 6.45) is 1.25. The van der Waals surface area contributed by atoms with E-state index >= 15 is 0 Å². The highest BCUT2D eigenvalue weighted by Crippen LogP contribution is 2.37. The van der Waals surface area contributed by atoms with Crippen molar-refractivity contribution >= 4 is 47.4 Å². The molecule has 0 bridgehead atoms. The first-order chi connectivity index (χ1) is 9.04. The summed E-state index contributed by atoms with van der Waals surface area (Å²) in [5.74, 6) is 0. The maximum absolute atomic E-state index is 4.89. The Balaban J connectivity index is 0.00000110. The zero-order chi connectivity index (χ0) is 13.5. The van der Waals surface area contributed by atoms with Gasteiger partial charge in [-0.25, -0.2) is 0 Å². The first-order valence-corrected chi connectivity index (χ1v) is 7.74. The van der Waals surface area contributed by atoms with E-state index in [4.69, 9.17) is 4.99 Å². The molecule has 0 amide bonds. The van der Waals surface area contributed by atoms with Gasteiger partial charge in [0.15, 0.2) is 5.17 Å². The van der Waals surface area contributed by atoms with Gasteiger partial charge in [0.1, 0.15) is 0 Å². The highest BCUT2D eigenvalue weighted by molar-refractivity contribution is 8.14. The molecule has 2 aliphatic heterocycles. The standard InChI is InChI=1S/C15H21N3S.2ClH/c1-15(2)12-6-4-5-7-13(12)16-14(17-15)19-11-8-9-18(3)10-11;;/h4-7,11H,8-10H2,1-3H3,(H,16,17);2*1H. The number of halogens is 2. The molecule has 2 aliphatic rings. The predicted octanol–water partition coefficient (Wildman–Crippen LogP) is 3.98. The van der Waals surface area contributed by atoms with E-state index in [1.165, 1.54) is 24.2 Å². The average Bonchev–Trinajstić information content (AvgIpc) is 2.74. The summed E-state index contributed by atoms with van der Waals surface area (Å²) in [4.78, 5) is 7.28. The van der Waals surface area contributed by atoms with Crippen LogP contribution in [-0.2, 0) is 5.54 Å². The van der Waals surface area contributed by atoms with Crippen molar-refractivity contribution < 1.29 is 0 Å². The predicted molar refractivity (Wildman–Crippen MR) is 98.5 cm³/mol. The molecule has 0 aliphatic carbocycles. The number of fused-ring (bicyclic) bond motifs is 1. The minimum Gasteiger partial charge on any atom is -0.335 e. The molecule has 1 aromatic carbocycles. The van der Waals surface area contributed by atoms with Gasteiger partial charge in [-0.1, -0.05) is 30.0 Å². The van der Waals surface area contributed by atoms with E-state index in [1.807, 2.05) is 11.8 Å². The van der Waals surface area contributed by atoms with Crippen molar-refractivity contribution in [3.8, 4) is 0 Å². The van der Waals surface area contributed by atoms with E-state index in [0.29, 0.717) is 5.25 Å². The van der Waals surface area contributed by atoms with E-state index < -0.39 is 0 Å². The third-order valence-corrected chi connectivity index (χ3v) is 4.97. The SMILES string of the molecule is CN1CCC(SC2=NC(C)(C)c3ccccc3N2)C1.Cl.Cl. The first-order valence-electron chi connectivity index (χ1n) is 6.86. The molecule has 3 nitrogen and oxygen atoms in total. The van der Waals surface area contributed by atoms with E-state index in [0.717, 1.165) is 11.7 Å². The molecule has 1 aromatic rings. The molecule has 1 N–H and O–H groups in total. The monoisotopic (exact) mass is 347 g/mol. The third kappa shape index (κ3) is 4.07. The van der Waals surface area contributed by atoms with E-state index in [-0.39, 0.29) is 30.4 Å². The summed E-state index contributed by atoms with van der Waals surface area (Å²) in [6.45, 7) is 6.74. The number of hydrogen-bond acceptors (Lipinski definition) is 4. The summed E-state index contributed by atoms with van der Waals surface area (Å²) in [5.41, 5.74) is 2.36. The second-order valence-corrected chi connectivity index (χ2v) is 7.23. The Labute approximate surface area is 143 Å². The lowest BCUT2D eigenvalue weighted by molar-refractivity contribution is 0.419. The molecule has 1 fully saturated rings. The normalized spacial score (nSPS) is 23.2. The van der Waals surface area contributed by atoms with Crippen molar-refractivity contribution in [1.82, 2.24) is 4.90 Å². The van der Waals surface area contributed by atoms with Crippen LogP contribution < -0.4 is 5.32 Å². The molecule has 1 saturated heterocycles. The second-order valence-electron chi connectivity index (χ2n) is 5.94. The quantitative estimate of drug-likeness (QED) is 0.832. The Bertz CT molecular complexity index is 519. The number of aliphatic imine (C=N–C) groups is 1. The molecular formula is C15H23Cl2N3S. The van der Waals surface area contributed by atoms with E-state index in [9.17, 15) is 0 Å². The number of hydrogen-bond donors (Lipinski definition) is 1. The van der Waals surface area contributed by atoms with Crippen LogP contribution in [-0.4, -0.2) is 35.5 Å². The summed E-state index contributed by atoms with van der Waals surface area (Å²) >= 11 is 1.90. The van der Waals surface area contributed by atoms with Crippen molar-refractivity contribution in [2.75, 3.05) is 25.5 Å².